The lowest BCUT2D eigenvalue weighted by molar-refractivity contribution is -0.131. The molecule has 0 saturated carbocycles. The summed E-state index contributed by atoms with van der Waals surface area (Å²) in [5.41, 5.74) is 0.201. The van der Waals surface area contributed by atoms with Gasteiger partial charge in [-0.1, -0.05) is 0 Å². The van der Waals surface area contributed by atoms with Crippen molar-refractivity contribution < 1.29 is 19.1 Å². The molecule has 0 spiro atoms. The molecule has 0 aliphatic rings. The molecule has 8 nitrogen and oxygen atoms in total. The number of nitrogens with one attached hydrogen (secondary N) is 1. The Morgan fingerprint density at radius 1 is 1.38 bits per heavy atom. The lowest BCUT2D eigenvalue weighted by Crippen LogP contribution is -2.12. The van der Waals surface area contributed by atoms with Crippen LogP contribution in [0.25, 0.3) is 22.4 Å². The predicted octanol–water partition coefficient (Wildman–Crippen LogP) is 0.765. The standard InChI is InChI=1S/C12H8FN5O3/c1-18-11(16-4-17-18)9-8-7(6(13)3-15-9)5(2-14-8)10(19)12(20)21/h2-4,14H,1H3,(H,20,21). The summed E-state index contributed by atoms with van der Waals surface area (Å²) in [7, 11) is 1.63. The van der Waals surface area contributed by atoms with Gasteiger partial charge in [0, 0.05) is 13.2 Å². The van der Waals surface area contributed by atoms with Crippen molar-refractivity contribution >= 4 is 22.7 Å². The minimum Gasteiger partial charge on any atom is -0.475 e. The van der Waals surface area contributed by atoms with Crippen LogP contribution in [0.4, 0.5) is 4.39 Å². The van der Waals surface area contributed by atoms with Crippen molar-refractivity contribution in [2.75, 3.05) is 0 Å². The summed E-state index contributed by atoms with van der Waals surface area (Å²) >= 11 is 0. The highest BCUT2D eigenvalue weighted by Crippen LogP contribution is 2.28. The number of Topliss-reactive ketones (excluding diaryl/α,β-unsaturated/α-hetero) is 1. The number of ketones is 1. The van der Waals surface area contributed by atoms with Gasteiger partial charge in [-0.05, 0) is 0 Å². The first kappa shape index (κ1) is 12.9. The molecule has 3 aromatic heterocycles. The number of carboxylic acids is 1. The first-order valence-electron chi connectivity index (χ1n) is 5.78. The van der Waals surface area contributed by atoms with E-state index in [-0.39, 0.29) is 22.2 Å². The fourth-order valence-corrected chi connectivity index (χ4v) is 2.08. The third kappa shape index (κ3) is 1.86. The van der Waals surface area contributed by atoms with Crippen LogP contribution in [0.1, 0.15) is 10.4 Å². The highest BCUT2D eigenvalue weighted by molar-refractivity contribution is 6.42. The fourth-order valence-electron chi connectivity index (χ4n) is 2.08. The highest BCUT2D eigenvalue weighted by atomic mass is 19.1. The van der Waals surface area contributed by atoms with E-state index in [0.717, 1.165) is 12.4 Å². The smallest absolute Gasteiger partial charge is 0.377 e. The Hall–Kier alpha value is -3.10. The number of hydrogen-bond donors (Lipinski definition) is 2. The number of aromatic nitrogens is 5. The molecule has 2 N–H and O–H groups in total. The van der Waals surface area contributed by atoms with Crippen molar-refractivity contribution in [3.05, 3.63) is 30.1 Å². The van der Waals surface area contributed by atoms with Gasteiger partial charge < -0.3 is 10.1 Å². The molecule has 0 fully saturated rings. The van der Waals surface area contributed by atoms with Crippen LogP contribution in [0.2, 0.25) is 0 Å². The molecule has 106 valence electrons. The molecule has 21 heavy (non-hydrogen) atoms. The second-order valence-corrected chi connectivity index (χ2v) is 4.25. The minimum absolute atomic E-state index is 0.129. The molecule has 0 aromatic carbocycles. The van der Waals surface area contributed by atoms with Gasteiger partial charge in [0.15, 0.2) is 11.6 Å². The fraction of sp³-hybridized carbons (Fsp3) is 0.0833. The third-order valence-corrected chi connectivity index (χ3v) is 3.02. The molecule has 0 aliphatic heterocycles. The topological polar surface area (TPSA) is 114 Å². The van der Waals surface area contributed by atoms with E-state index in [9.17, 15) is 14.0 Å². The number of fused-ring (bicyclic) bond motifs is 1. The largest absolute Gasteiger partial charge is 0.475 e. The molecule has 0 bridgehead atoms. The van der Waals surface area contributed by atoms with Gasteiger partial charge in [-0.2, -0.15) is 5.10 Å². The van der Waals surface area contributed by atoms with Crippen LogP contribution >= 0.6 is 0 Å². The van der Waals surface area contributed by atoms with Crippen molar-refractivity contribution in [2.45, 2.75) is 0 Å². The van der Waals surface area contributed by atoms with Crippen LogP contribution in [-0.2, 0) is 11.8 Å². The van der Waals surface area contributed by atoms with E-state index in [4.69, 9.17) is 5.11 Å². The van der Waals surface area contributed by atoms with Crippen molar-refractivity contribution in [2.24, 2.45) is 7.05 Å². The van der Waals surface area contributed by atoms with E-state index in [2.05, 4.69) is 20.1 Å². The number of halogens is 1. The molecule has 0 amide bonds. The van der Waals surface area contributed by atoms with Crippen molar-refractivity contribution in [3.8, 4) is 11.5 Å². The lowest BCUT2D eigenvalue weighted by atomic mass is 10.1. The summed E-state index contributed by atoms with van der Waals surface area (Å²) < 4.78 is 15.4. The van der Waals surface area contributed by atoms with Gasteiger partial charge in [-0.3, -0.25) is 4.79 Å². The third-order valence-electron chi connectivity index (χ3n) is 3.02. The zero-order chi connectivity index (χ0) is 15.1. The maximum Gasteiger partial charge on any atom is 0.377 e. The summed E-state index contributed by atoms with van der Waals surface area (Å²) in [6.45, 7) is 0. The number of carbonyl (C=O) groups is 2. The maximum atomic E-state index is 14.0. The number of aromatic amines is 1. The molecular formula is C12H8FN5O3. The molecule has 3 aromatic rings. The number of carboxylic acid groups (broad SMARTS) is 1. The molecular weight excluding hydrogens is 281 g/mol. The molecule has 0 unspecified atom stereocenters. The Balaban J connectivity index is 2.32. The predicted molar refractivity (Wildman–Crippen MR) is 68.0 cm³/mol. The molecule has 3 rings (SSSR count). The van der Waals surface area contributed by atoms with Crippen molar-refractivity contribution in [3.63, 3.8) is 0 Å². The van der Waals surface area contributed by atoms with Gasteiger partial charge in [0.25, 0.3) is 5.78 Å². The van der Waals surface area contributed by atoms with Crippen molar-refractivity contribution in [1.82, 2.24) is 24.7 Å². The number of hydrogen-bond acceptors (Lipinski definition) is 5. The van der Waals surface area contributed by atoms with Gasteiger partial charge in [0.1, 0.15) is 12.0 Å². The summed E-state index contributed by atoms with van der Waals surface area (Å²) in [6.07, 6.45) is 3.36. The highest BCUT2D eigenvalue weighted by Gasteiger charge is 2.24. The van der Waals surface area contributed by atoms with Gasteiger partial charge in [0.05, 0.1) is 22.7 Å². The Labute approximate surface area is 116 Å². The number of aliphatic carboxylic acids is 1. The zero-order valence-electron chi connectivity index (χ0n) is 10.7. The summed E-state index contributed by atoms with van der Waals surface area (Å²) in [5, 5.41) is 12.5. The van der Waals surface area contributed by atoms with Crippen LogP contribution in [0, 0.1) is 5.82 Å². The maximum absolute atomic E-state index is 14.0. The quantitative estimate of drug-likeness (QED) is 0.543. The van der Waals surface area contributed by atoms with Gasteiger partial charge >= 0.3 is 5.97 Å². The van der Waals surface area contributed by atoms with Crippen LogP contribution in [0.15, 0.2) is 18.7 Å². The summed E-state index contributed by atoms with van der Waals surface area (Å²) in [6, 6.07) is 0. The van der Waals surface area contributed by atoms with Gasteiger partial charge in [-0.15, -0.1) is 0 Å². The number of pyridine rings is 1. The second-order valence-electron chi connectivity index (χ2n) is 4.25. The number of H-pyrrole nitrogens is 1. The lowest BCUT2D eigenvalue weighted by Gasteiger charge is -2.03. The first-order valence-corrected chi connectivity index (χ1v) is 5.78. The normalized spacial score (nSPS) is 11.0. The van der Waals surface area contributed by atoms with E-state index in [1.165, 1.54) is 11.0 Å². The minimum atomic E-state index is -1.66. The molecule has 0 aliphatic carbocycles. The second kappa shape index (κ2) is 4.47. The van der Waals surface area contributed by atoms with E-state index < -0.39 is 17.6 Å². The SMILES string of the molecule is Cn1ncnc1-c1ncc(F)c2c(C(=O)C(=O)O)c[nH]c12. The molecule has 0 radical (unpaired) electrons. The Bertz CT molecular complexity index is 882. The van der Waals surface area contributed by atoms with Gasteiger partial charge in [-0.25, -0.2) is 23.8 Å². The van der Waals surface area contributed by atoms with E-state index in [0.29, 0.717) is 5.82 Å². The summed E-state index contributed by atoms with van der Waals surface area (Å²) in [4.78, 5) is 33.0. The number of carbonyl (C=O) groups excluding carboxylic acids is 1. The molecule has 3 heterocycles. The molecule has 0 saturated heterocycles. The van der Waals surface area contributed by atoms with Crippen LogP contribution in [0.5, 0.6) is 0 Å². The van der Waals surface area contributed by atoms with E-state index in [1.807, 2.05) is 0 Å². The van der Waals surface area contributed by atoms with Crippen LogP contribution in [-0.4, -0.2) is 41.6 Å². The summed E-state index contributed by atoms with van der Waals surface area (Å²) in [5.74, 6) is -3.29. The van der Waals surface area contributed by atoms with Crippen LogP contribution < -0.4 is 0 Å². The van der Waals surface area contributed by atoms with E-state index >= 15 is 0 Å². The number of nitrogens with zero attached hydrogens (tertiary/aromatic N) is 4. The average Bonchev–Trinajstić information content (AvgIpc) is 3.05. The Kier molecular flexibility index (Phi) is 2.75. The first-order chi connectivity index (χ1) is 10.0. The Morgan fingerprint density at radius 2 is 2.14 bits per heavy atom. The van der Waals surface area contributed by atoms with Crippen molar-refractivity contribution in [1.29, 1.82) is 0 Å². The Morgan fingerprint density at radius 3 is 2.76 bits per heavy atom. The molecule has 0 atom stereocenters. The molecule has 9 heteroatoms. The van der Waals surface area contributed by atoms with Crippen LogP contribution in [0.3, 0.4) is 0 Å². The monoisotopic (exact) mass is 289 g/mol. The van der Waals surface area contributed by atoms with E-state index in [1.54, 1.807) is 7.05 Å². The number of aryl methyl sites for hydroxylation is 1. The number of rotatable bonds is 3. The van der Waals surface area contributed by atoms with Gasteiger partial charge in [0.2, 0.25) is 0 Å². The average molecular weight is 289 g/mol. The zero-order valence-corrected chi connectivity index (χ0v) is 10.7.